The number of hydrogen-bond acceptors (Lipinski definition) is 1. The van der Waals surface area contributed by atoms with Gasteiger partial charge in [-0.3, -0.25) is 0 Å². The molecule has 0 unspecified atom stereocenters. The zero-order valence-electron chi connectivity index (χ0n) is 11.1. The molecule has 16 heavy (non-hydrogen) atoms. The SMILES string of the molecule is C=CCCCCCCCCC[C@@H](O)CCC. The van der Waals surface area contributed by atoms with Crippen LogP contribution in [0, 0.1) is 0 Å². The van der Waals surface area contributed by atoms with Gasteiger partial charge in [-0.2, -0.15) is 0 Å². The molecule has 0 fully saturated rings. The van der Waals surface area contributed by atoms with Crippen LogP contribution in [0.15, 0.2) is 12.7 Å². The highest BCUT2D eigenvalue weighted by molar-refractivity contribution is 4.65. The third-order valence-corrected chi connectivity index (χ3v) is 3.07. The molecule has 0 rings (SSSR count). The van der Waals surface area contributed by atoms with Gasteiger partial charge < -0.3 is 5.11 Å². The van der Waals surface area contributed by atoms with E-state index in [0.29, 0.717) is 0 Å². The number of allylic oxidation sites excluding steroid dienone is 1. The minimum atomic E-state index is -0.0439. The summed E-state index contributed by atoms with van der Waals surface area (Å²) < 4.78 is 0. The fraction of sp³-hybridized carbons (Fsp3) is 0.867. The lowest BCUT2D eigenvalue weighted by Crippen LogP contribution is -2.04. The number of rotatable bonds is 12. The Morgan fingerprint density at radius 1 is 0.938 bits per heavy atom. The number of aliphatic hydroxyl groups is 1. The maximum absolute atomic E-state index is 9.54. The highest BCUT2D eigenvalue weighted by Gasteiger charge is 2.01. The smallest absolute Gasteiger partial charge is 0.0540 e. The summed E-state index contributed by atoms with van der Waals surface area (Å²) in [5.41, 5.74) is 0. The third kappa shape index (κ3) is 11.8. The average molecular weight is 226 g/mol. The molecule has 0 spiro atoms. The second kappa shape index (κ2) is 12.8. The Balaban J connectivity index is 3.00. The van der Waals surface area contributed by atoms with E-state index in [9.17, 15) is 5.11 Å². The molecule has 0 aliphatic carbocycles. The van der Waals surface area contributed by atoms with E-state index in [1.165, 1.54) is 51.4 Å². The van der Waals surface area contributed by atoms with Crippen molar-refractivity contribution in [1.29, 1.82) is 0 Å². The Morgan fingerprint density at radius 3 is 2.06 bits per heavy atom. The molecule has 0 saturated carbocycles. The fourth-order valence-corrected chi connectivity index (χ4v) is 2.03. The van der Waals surface area contributed by atoms with Crippen molar-refractivity contribution in [2.45, 2.75) is 83.7 Å². The number of unbranched alkanes of at least 4 members (excludes halogenated alkanes) is 7. The molecule has 0 aromatic heterocycles. The molecule has 0 aromatic rings. The highest BCUT2D eigenvalue weighted by atomic mass is 16.3. The predicted octanol–water partition coefficient (Wildman–Crippen LogP) is 4.84. The van der Waals surface area contributed by atoms with Gasteiger partial charge in [0, 0.05) is 0 Å². The van der Waals surface area contributed by atoms with Crippen LogP contribution in [0.3, 0.4) is 0 Å². The largest absolute Gasteiger partial charge is 0.393 e. The fourth-order valence-electron chi connectivity index (χ4n) is 2.03. The Kier molecular flexibility index (Phi) is 12.5. The lowest BCUT2D eigenvalue weighted by Gasteiger charge is -2.08. The molecule has 0 aliphatic heterocycles. The van der Waals surface area contributed by atoms with Gasteiger partial charge in [-0.15, -0.1) is 6.58 Å². The van der Waals surface area contributed by atoms with Crippen molar-refractivity contribution in [3.05, 3.63) is 12.7 Å². The molecule has 1 nitrogen and oxygen atoms in total. The van der Waals surface area contributed by atoms with Crippen LogP contribution in [0.1, 0.15) is 77.6 Å². The van der Waals surface area contributed by atoms with E-state index >= 15 is 0 Å². The number of hydrogen-bond donors (Lipinski definition) is 1. The van der Waals surface area contributed by atoms with Crippen molar-refractivity contribution in [2.75, 3.05) is 0 Å². The van der Waals surface area contributed by atoms with Gasteiger partial charge in [0.1, 0.15) is 0 Å². The zero-order chi connectivity index (χ0) is 12.1. The molecular weight excluding hydrogens is 196 g/mol. The van der Waals surface area contributed by atoms with Crippen LogP contribution in [-0.4, -0.2) is 11.2 Å². The second-order valence-corrected chi connectivity index (χ2v) is 4.78. The van der Waals surface area contributed by atoms with Crippen molar-refractivity contribution < 1.29 is 5.11 Å². The molecule has 0 bridgehead atoms. The first-order valence-corrected chi connectivity index (χ1v) is 7.10. The van der Waals surface area contributed by atoms with Crippen LogP contribution in [0.25, 0.3) is 0 Å². The van der Waals surface area contributed by atoms with Gasteiger partial charge in [-0.25, -0.2) is 0 Å². The van der Waals surface area contributed by atoms with E-state index < -0.39 is 0 Å². The molecule has 0 heterocycles. The molecule has 96 valence electrons. The van der Waals surface area contributed by atoms with Crippen molar-refractivity contribution in [1.82, 2.24) is 0 Å². The van der Waals surface area contributed by atoms with Crippen LogP contribution < -0.4 is 0 Å². The zero-order valence-corrected chi connectivity index (χ0v) is 11.1. The third-order valence-electron chi connectivity index (χ3n) is 3.07. The van der Waals surface area contributed by atoms with E-state index in [0.717, 1.165) is 19.3 Å². The van der Waals surface area contributed by atoms with Gasteiger partial charge in [0.05, 0.1) is 6.10 Å². The van der Waals surface area contributed by atoms with Crippen LogP contribution in [-0.2, 0) is 0 Å². The van der Waals surface area contributed by atoms with Gasteiger partial charge in [0.25, 0.3) is 0 Å². The second-order valence-electron chi connectivity index (χ2n) is 4.78. The lowest BCUT2D eigenvalue weighted by molar-refractivity contribution is 0.150. The quantitative estimate of drug-likeness (QED) is 0.373. The van der Waals surface area contributed by atoms with Crippen LogP contribution in [0.5, 0.6) is 0 Å². The summed E-state index contributed by atoms with van der Waals surface area (Å²) in [5, 5.41) is 9.54. The van der Waals surface area contributed by atoms with Gasteiger partial charge >= 0.3 is 0 Å². The monoisotopic (exact) mass is 226 g/mol. The summed E-state index contributed by atoms with van der Waals surface area (Å²) in [6, 6.07) is 0. The minimum absolute atomic E-state index is 0.0439. The Labute approximate surface area is 102 Å². The molecular formula is C15H30O. The Morgan fingerprint density at radius 2 is 1.50 bits per heavy atom. The normalized spacial score (nSPS) is 12.6. The van der Waals surface area contributed by atoms with E-state index in [-0.39, 0.29) is 6.10 Å². The van der Waals surface area contributed by atoms with Gasteiger partial charge in [-0.1, -0.05) is 57.9 Å². The van der Waals surface area contributed by atoms with Crippen molar-refractivity contribution >= 4 is 0 Å². The van der Waals surface area contributed by atoms with Crippen molar-refractivity contribution in [3.63, 3.8) is 0 Å². The first-order valence-electron chi connectivity index (χ1n) is 7.10. The van der Waals surface area contributed by atoms with Gasteiger partial charge in [0.2, 0.25) is 0 Å². The maximum atomic E-state index is 9.54. The Hall–Kier alpha value is -0.300. The molecule has 1 atom stereocenters. The summed E-state index contributed by atoms with van der Waals surface area (Å²) in [5.74, 6) is 0. The summed E-state index contributed by atoms with van der Waals surface area (Å²) >= 11 is 0. The molecule has 0 saturated heterocycles. The van der Waals surface area contributed by atoms with E-state index in [4.69, 9.17) is 0 Å². The first kappa shape index (κ1) is 15.7. The molecule has 1 N–H and O–H groups in total. The molecule has 0 aromatic carbocycles. The number of aliphatic hydroxyl groups excluding tert-OH is 1. The van der Waals surface area contributed by atoms with Gasteiger partial charge in [-0.05, 0) is 25.7 Å². The van der Waals surface area contributed by atoms with Crippen LogP contribution in [0.4, 0.5) is 0 Å². The standard InChI is InChI=1S/C15H30O/c1-3-5-6-7-8-9-10-11-12-14-15(16)13-4-2/h3,15-16H,1,4-14H2,2H3/t15-/m0/s1. The lowest BCUT2D eigenvalue weighted by atomic mass is 10.0. The molecule has 0 radical (unpaired) electrons. The van der Waals surface area contributed by atoms with E-state index in [1.54, 1.807) is 0 Å². The average Bonchev–Trinajstić information content (AvgIpc) is 2.27. The topological polar surface area (TPSA) is 20.2 Å². The van der Waals surface area contributed by atoms with E-state index in [1.807, 2.05) is 6.08 Å². The van der Waals surface area contributed by atoms with Gasteiger partial charge in [0.15, 0.2) is 0 Å². The predicted molar refractivity (Wildman–Crippen MR) is 72.7 cm³/mol. The molecule has 0 aliphatic rings. The molecule has 1 heteroatoms. The summed E-state index contributed by atoms with van der Waals surface area (Å²) in [6.07, 6.45) is 15.4. The maximum Gasteiger partial charge on any atom is 0.0540 e. The van der Waals surface area contributed by atoms with E-state index in [2.05, 4.69) is 13.5 Å². The van der Waals surface area contributed by atoms with Crippen LogP contribution >= 0.6 is 0 Å². The minimum Gasteiger partial charge on any atom is -0.393 e. The van der Waals surface area contributed by atoms with Crippen LogP contribution in [0.2, 0.25) is 0 Å². The van der Waals surface area contributed by atoms with Crippen molar-refractivity contribution in [3.8, 4) is 0 Å². The molecule has 0 amide bonds. The summed E-state index contributed by atoms with van der Waals surface area (Å²) in [6.45, 7) is 5.86. The first-order chi connectivity index (χ1) is 7.81. The highest BCUT2D eigenvalue weighted by Crippen LogP contribution is 2.12. The van der Waals surface area contributed by atoms with Crippen molar-refractivity contribution in [2.24, 2.45) is 0 Å². The Bertz CT molecular complexity index is 142. The summed E-state index contributed by atoms with van der Waals surface area (Å²) in [7, 11) is 0. The summed E-state index contributed by atoms with van der Waals surface area (Å²) in [4.78, 5) is 0.